The average Bonchev–Trinajstić information content (AvgIpc) is 2.76. The number of piperidine rings is 1. The molecule has 2 N–H and O–H groups in total. The van der Waals surface area contributed by atoms with Gasteiger partial charge in [-0.2, -0.15) is 0 Å². The molecule has 6 heteroatoms. The van der Waals surface area contributed by atoms with E-state index in [0.29, 0.717) is 19.6 Å². The normalized spacial score (nSPS) is 21.5. The number of rotatable bonds is 6. The summed E-state index contributed by atoms with van der Waals surface area (Å²) >= 11 is 0. The summed E-state index contributed by atoms with van der Waals surface area (Å²) in [4.78, 5) is 2.27. The zero-order valence-electron chi connectivity index (χ0n) is 17.7. The molecule has 1 spiro atoms. The van der Waals surface area contributed by atoms with Crippen molar-refractivity contribution in [1.29, 1.82) is 0 Å². The van der Waals surface area contributed by atoms with Crippen LogP contribution in [0.15, 0.2) is 42.5 Å². The van der Waals surface area contributed by atoms with Gasteiger partial charge in [0.25, 0.3) is 0 Å². The zero-order valence-corrected chi connectivity index (χ0v) is 17.7. The molecule has 2 aliphatic rings. The van der Waals surface area contributed by atoms with Crippen LogP contribution in [-0.4, -0.2) is 54.1 Å². The van der Waals surface area contributed by atoms with Gasteiger partial charge in [0, 0.05) is 31.6 Å². The molecule has 2 aromatic carbocycles. The second-order valence-electron chi connectivity index (χ2n) is 8.23. The molecule has 0 amide bonds. The zero-order chi connectivity index (χ0) is 21.1. The van der Waals surface area contributed by atoms with Crippen LogP contribution in [0.25, 0.3) is 0 Å². The summed E-state index contributed by atoms with van der Waals surface area (Å²) in [6, 6.07) is 13.3. The summed E-state index contributed by atoms with van der Waals surface area (Å²) in [6.07, 6.45) is 1.14. The predicted molar refractivity (Wildman–Crippen MR) is 114 cm³/mol. The van der Waals surface area contributed by atoms with E-state index in [1.165, 1.54) is 0 Å². The summed E-state index contributed by atoms with van der Waals surface area (Å²) in [7, 11) is 1.62. The Bertz CT molecular complexity index is 845. The van der Waals surface area contributed by atoms with E-state index in [0.717, 1.165) is 54.3 Å². The number of likely N-dealkylation sites (tertiary alicyclic amines) is 1. The molecule has 2 aromatic rings. The van der Waals surface area contributed by atoms with Gasteiger partial charge in [-0.05, 0) is 55.7 Å². The average molecular weight is 414 g/mol. The van der Waals surface area contributed by atoms with Crippen molar-refractivity contribution < 1.29 is 24.4 Å². The number of aliphatic hydroxyl groups is 2. The maximum absolute atomic E-state index is 10.7. The third kappa shape index (κ3) is 4.41. The Hall–Kier alpha value is -2.28. The summed E-state index contributed by atoms with van der Waals surface area (Å²) < 4.78 is 17.1. The molecule has 30 heavy (non-hydrogen) atoms. The van der Waals surface area contributed by atoms with E-state index in [9.17, 15) is 10.2 Å². The Morgan fingerprint density at radius 1 is 1.13 bits per heavy atom. The summed E-state index contributed by atoms with van der Waals surface area (Å²) in [5.41, 5.74) is 1.35. The first kappa shape index (κ1) is 21.0. The molecule has 1 saturated heterocycles. The molecular formula is C24H31NO5. The smallest absolute Gasteiger partial charge is 0.126 e. The molecule has 0 aliphatic carbocycles. The van der Waals surface area contributed by atoms with Crippen LogP contribution in [-0.2, 0) is 0 Å². The molecule has 2 aliphatic heterocycles. The van der Waals surface area contributed by atoms with E-state index in [1.54, 1.807) is 7.11 Å². The number of hydrogen-bond acceptors (Lipinski definition) is 6. The van der Waals surface area contributed by atoms with Crippen LogP contribution < -0.4 is 14.2 Å². The highest BCUT2D eigenvalue weighted by atomic mass is 16.5. The lowest BCUT2D eigenvalue weighted by atomic mass is 9.81. The van der Waals surface area contributed by atoms with Crippen molar-refractivity contribution in [1.82, 2.24) is 4.90 Å². The second-order valence-corrected chi connectivity index (χ2v) is 8.23. The van der Waals surface area contributed by atoms with Gasteiger partial charge < -0.3 is 29.3 Å². The summed E-state index contributed by atoms with van der Waals surface area (Å²) in [5.74, 6) is 2.29. The predicted octanol–water partition coefficient (Wildman–Crippen LogP) is 3.48. The van der Waals surface area contributed by atoms with Gasteiger partial charge in [0.15, 0.2) is 0 Å². The van der Waals surface area contributed by atoms with E-state index < -0.39 is 12.2 Å². The first-order chi connectivity index (χ1) is 14.5. The molecule has 2 heterocycles. The highest BCUT2D eigenvalue weighted by molar-refractivity contribution is 5.43. The van der Waals surface area contributed by atoms with Crippen LogP contribution >= 0.6 is 0 Å². The van der Waals surface area contributed by atoms with E-state index in [-0.39, 0.29) is 5.60 Å². The third-order valence-electron chi connectivity index (χ3n) is 6.24. The van der Waals surface area contributed by atoms with Gasteiger partial charge >= 0.3 is 0 Å². The fourth-order valence-corrected chi connectivity index (χ4v) is 4.50. The van der Waals surface area contributed by atoms with Crippen molar-refractivity contribution in [3.05, 3.63) is 53.6 Å². The third-order valence-corrected chi connectivity index (χ3v) is 6.24. The molecule has 0 aromatic heterocycles. The standard InChI is InChI=1S/C24H31NO5/c1-3-29-18-6-4-17(5-7-18)22(27)16-25-12-10-24(11-13-25)15-21(26)20-14-19(28-2)8-9-23(20)30-24/h4-9,14,21-22,26-27H,3,10-13,15-16H2,1-2H3/t21-,22+/m0/s1. The fourth-order valence-electron chi connectivity index (χ4n) is 4.50. The summed E-state index contributed by atoms with van der Waals surface area (Å²) in [6.45, 7) is 4.82. The number of nitrogens with zero attached hydrogens (tertiary/aromatic N) is 1. The highest BCUT2D eigenvalue weighted by Crippen LogP contribution is 2.45. The highest BCUT2D eigenvalue weighted by Gasteiger charge is 2.43. The molecule has 0 unspecified atom stereocenters. The molecule has 0 bridgehead atoms. The number of aliphatic hydroxyl groups excluding tert-OH is 2. The van der Waals surface area contributed by atoms with Crippen molar-refractivity contribution in [2.24, 2.45) is 0 Å². The largest absolute Gasteiger partial charge is 0.497 e. The molecule has 2 atom stereocenters. The molecule has 0 saturated carbocycles. The monoisotopic (exact) mass is 413 g/mol. The molecule has 4 rings (SSSR count). The van der Waals surface area contributed by atoms with E-state index in [1.807, 2.05) is 49.4 Å². The Balaban J connectivity index is 1.35. The van der Waals surface area contributed by atoms with Crippen molar-refractivity contribution in [2.45, 2.75) is 44.0 Å². The number of β-amino-alcohol motifs (C(OH)–C–C–N with tert-alkyl or cyclic N) is 1. The molecule has 1 fully saturated rings. The minimum Gasteiger partial charge on any atom is -0.497 e. The minimum atomic E-state index is -0.551. The number of methoxy groups -OCH3 is 1. The number of benzene rings is 2. The van der Waals surface area contributed by atoms with Gasteiger partial charge in [-0.25, -0.2) is 0 Å². The molecule has 162 valence electrons. The van der Waals surface area contributed by atoms with E-state index in [2.05, 4.69) is 4.90 Å². The Morgan fingerprint density at radius 2 is 1.83 bits per heavy atom. The molecular weight excluding hydrogens is 382 g/mol. The lowest BCUT2D eigenvalue weighted by molar-refractivity contribution is -0.0588. The Kier molecular flexibility index (Phi) is 6.18. The van der Waals surface area contributed by atoms with Crippen LogP contribution in [0.2, 0.25) is 0 Å². The van der Waals surface area contributed by atoms with Gasteiger partial charge in [0.1, 0.15) is 22.8 Å². The molecule has 0 radical (unpaired) electrons. The van der Waals surface area contributed by atoms with Crippen molar-refractivity contribution in [3.8, 4) is 17.2 Å². The first-order valence-electron chi connectivity index (χ1n) is 10.7. The van der Waals surface area contributed by atoms with Crippen LogP contribution in [0, 0.1) is 0 Å². The van der Waals surface area contributed by atoms with Crippen LogP contribution in [0.3, 0.4) is 0 Å². The second kappa shape index (κ2) is 8.84. The van der Waals surface area contributed by atoms with Crippen LogP contribution in [0.1, 0.15) is 49.5 Å². The topological polar surface area (TPSA) is 71.4 Å². The van der Waals surface area contributed by atoms with E-state index in [4.69, 9.17) is 14.2 Å². The lowest BCUT2D eigenvalue weighted by Gasteiger charge is -2.46. The fraction of sp³-hybridized carbons (Fsp3) is 0.500. The van der Waals surface area contributed by atoms with Gasteiger partial charge in [-0.15, -0.1) is 0 Å². The van der Waals surface area contributed by atoms with Gasteiger partial charge in [0.2, 0.25) is 0 Å². The van der Waals surface area contributed by atoms with E-state index >= 15 is 0 Å². The van der Waals surface area contributed by atoms with Crippen LogP contribution in [0.5, 0.6) is 17.2 Å². The number of ether oxygens (including phenoxy) is 3. The minimum absolute atomic E-state index is 0.346. The van der Waals surface area contributed by atoms with Gasteiger partial charge in [-0.3, -0.25) is 0 Å². The lowest BCUT2D eigenvalue weighted by Crippen LogP contribution is -2.51. The first-order valence-corrected chi connectivity index (χ1v) is 10.7. The summed E-state index contributed by atoms with van der Waals surface area (Å²) in [5, 5.41) is 21.4. The quantitative estimate of drug-likeness (QED) is 0.756. The Labute approximate surface area is 178 Å². The van der Waals surface area contributed by atoms with Crippen molar-refractivity contribution >= 4 is 0 Å². The Morgan fingerprint density at radius 3 is 2.50 bits per heavy atom. The van der Waals surface area contributed by atoms with Crippen LogP contribution in [0.4, 0.5) is 0 Å². The van der Waals surface area contributed by atoms with Gasteiger partial charge in [-0.1, -0.05) is 12.1 Å². The number of fused-ring (bicyclic) bond motifs is 1. The van der Waals surface area contributed by atoms with Crippen molar-refractivity contribution in [3.63, 3.8) is 0 Å². The SMILES string of the molecule is CCOc1ccc([C@H](O)CN2CCC3(CC2)C[C@H](O)c2cc(OC)ccc2O3)cc1. The maximum atomic E-state index is 10.7. The number of hydrogen-bond donors (Lipinski definition) is 2. The molecule has 6 nitrogen and oxygen atoms in total. The van der Waals surface area contributed by atoms with Gasteiger partial charge in [0.05, 0.1) is 25.9 Å². The maximum Gasteiger partial charge on any atom is 0.126 e. The van der Waals surface area contributed by atoms with Crippen molar-refractivity contribution in [2.75, 3.05) is 33.4 Å².